The van der Waals surface area contributed by atoms with Crippen molar-refractivity contribution in [3.8, 4) is 22.3 Å². The molecule has 0 heterocycles. The van der Waals surface area contributed by atoms with Crippen LogP contribution in [0.3, 0.4) is 0 Å². The molecule has 1 nitrogen and oxygen atoms in total. The lowest BCUT2D eigenvalue weighted by Gasteiger charge is -2.35. The number of hydrogen-bond acceptors (Lipinski definition) is 1. The lowest BCUT2D eigenvalue weighted by atomic mass is 9.67. The topological polar surface area (TPSA) is 3.24 Å². The van der Waals surface area contributed by atoms with Crippen LogP contribution in [0.1, 0.15) is 22.3 Å². The van der Waals surface area contributed by atoms with Crippen LogP contribution in [0.25, 0.3) is 43.8 Å². The predicted molar refractivity (Wildman–Crippen MR) is 219 cm³/mol. The van der Waals surface area contributed by atoms with Gasteiger partial charge in [0.15, 0.2) is 0 Å². The second kappa shape index (κ2) is 12.3. The quantitative estimate of drug-likeness (QED) is 0.160. The maximum atomic E-state index is 2.44. The van der Waals surface area contributed by atoms with Gasteiger partial charge in [0.25, 0.3) is 0 Å². The molecule has 1 aliphatic rings. The summed E-state index contributed by atoms with van der Waals surface area (Å²) in [5, 5.41) is 5.09. The number of para-hydroxylation sites is 1. The number of nitrogens with zero attached hydrogens (tertiary/aromatic N) is 1. The Kier molecular flexibility index (Phi) is 7.11. The van der Waals surface area contributed by atoms with Crippen molar-refractivity contribution in [3.63, 3.8) is 0 Å². The van der Waals surface area contributed by atoms with Crippen molar-refractivity contribution in [3.05, 3.63) is 235 Å². The summed E-state index contributed by atoms with van der Waals surface area (Å²) in [5.74, 6) is 0. The van der Waals surface area contributed by atoms with Gasteiger partial charge in [-0.05, 0) is 109 Å². The molecule has 0 N–H and O–H groups in total. The largest absolute Gasteiger partial charge is 0.310 e. The fraction of sp³-hybridized carbons (Fsp3) is 0.0196. The summed E-state index contributed by atoms with van der Waals surface area (Å²) in [4.78, 5) is 2.39. The Morgan fingerprint density at radius 3 is 1.56 bits per heavy atom. The zero-order valence-corrected chi connectivity index (χ0v) is 28.7. The van der Waals surface area contributed by atoms with Crippen molar-refractivity contribution in [2.24, 2.45) is 0 Å². The van der Waals surface area contributed by atoms with E-state index in [2.05, 4.69) is 217 Å². The SMILES string of the molecule is c1ccc(N(c2ccc(-c3ccc4ccc5ccccc5c4c3)cc2)c2ccc3c(c2)C(c2ccccc2)(c2ccccc2)c2ccccc2-3)cc1. The molecule has 1 aliphatic carbocycles. The van der Waals surface area contributed by atoms with Gasteiger partial charge in [0.05, 0.1) is 5.41 Å². The molecule has 244 valence electrons. The predicted octanol–water partition coefficient (Wildman–Crippen LogP) is 13.5. The van der Waals surface area contributed by atoms with E-state index < -0.39 is 5.41 Å². The van der Waals surface area contributed by atoms with Gasteiger partial charge in [-0.3, -0.25) is 0 Å². The molecule has 0 aliphatic heterocycles. The highest BCUT2D eigenvalue weighted by molar-refractivity contribution is 6.08. The molecule has 1 heteroatoms. The molecular formula is C51H35N. The van der Waals surface area contributed by atoms with Crippen LogP contribution in [0, 0.1) is 0 Å². The Morgan fingerprint density at radius 1 is 0.308 bits per heavy atom. The molecule has 0 bridgehead atoms. The van der Waals surface area contributed by atoms with E-state index in [1.807, 2.05) is 0 Å². The van der Waals surface area contributed by atoms with Gasteiger partial charge in [-0.1, -0.05) is 170 Å². The van der Waals surface area contributed by atoms with Crippen molar-refractivity contribution < 1.29 is 0 Å². The Hall–Kier alpha value is -6.70. The van der Waals surface area contributed by atoms with E-state index in [1.54, 1.807) is 0 Å². The number of anilines is 3. The van der Waals surface area contributed by atoms with E-state index in [-0.39, 0.29) is 0 Å². The smallest absolute Gasteiger partial charge is 0.0714 e. The molecule has 0 saturated heterocycles. The standard InChI is InChI=1S/C51H35N/c1-4-15-40(16-5-1)51(41-17-6-2-7-18-41)49-23-13-12-22-46(49)47-33-32-44(35-50(47)51)52(42-19-8-3-9-20-42)43-30-28-36(29-31-43)39-27-26-38-25-24-37-14-10-11-21-45(37)48(38)34-39/h1-35H. The molecule has 0 saturated carbocycles. The molecule has 0 atom stereocenters. The van der Waals surface area contributed by atoms with Gasteiger partial charge in [0, 0.05) is 17.1 Å². The third-order valence-electron chi connectivity index (χ3n) is 10.9. The first kappa shape index (κ1) is 30.2. The van der Waals surface area contributed by atoms with E-state index >= 15 is 0 Å². The monoisotopic (exact) mass is 661 g/mol. The van der Waals surface area contributed by atoms with E-state index in [1.165, 1.54) is 66.1 Å². The summed E-state index contributed by atoms with van der Waals surface area (Å²) in [6.45, 7) is 0. The molecule has 0 amide bonds. The van der Waals surface area contributed by atoms with Crippen LogP contribution in [-0.4, -0.2) is 0 Å². The number of fused-ring (bicyclic) bond motifs is 6. The molecule has 0 unspecified atom stereocenters. The molecule has 52 heavy (non-hydrogen) atoms. The Morgan fingerprint density at radius 2 is 0.827 bits per heavy atom. The summed E-state index contributed by atoms with van der Waals surface area (Å²) in [6, 6.07) is 77.7. The van der Waals surface area contributed by atoms with E-state index in [0.717, 1.165) is 17.1 Å². The first-order valence-corrected chi connectivity index (χ1v) is 18.0. The number of benzene rings is 9. The average molecular weight is 662 g/mol. The van der Waals surface area contributed by atoms with Crippen molar-refractivity contribution in [2.75, 3.05) is 4.90 Å². The summed E-state index contributed by atoms with van der Waals surface area (Å²) in [7, 11) is 0. The zero-order valence-electron chi connectivity index (χ0n) is 28.7. The highest BCUT2D eigenvalue weighted by atomic mass is 15.1. The van der Waals surface area contributed by atoms with Gasteiger partial charge >= 0.3 is 0 Å². The molecule has 9 aromatic rings. The van der Waals surface area contributed by atoms with Crippen molar-refractivity contribution in [1.82, 2.24) is 0 Å². The van der Waals surface area contributed by atoms with Crippen LogP contribution >= 0.6 is 0 Å². The second-order valence-electron chi connectivity index (χ2n) is 13.7. The second-order valence-corrected chi connectivity index (χ2v) is 13.7. The minimum absolute atomic E-state index is 0.461. The van der Waals surface area contributed by atoms with E-state index in [9.17, 15) is 0 Å². The molecule has 10 rings (SSSR count). The van der Waals surface area contributed by atoms with Gasteiger partial charge in [-0.25, -0.2) is 0 Å². The minimum Gasteiger partial charge on any atom is -0.310 e. The first-order chi connectivity index (χ1) is 25.8. The Labute approximate surface area is 304 Å². The van der Waals surface area contributed by atoms with Crippen LogP contribution in [0.2, 0.25) is 0 Å². The summed E-state index contributed by atoms with van der Waals surface area (Å²) < 4.78 is 0. The Bertz CT molecular complexity index is 2670. The molecule has 9 aromatic carbocycles. The first-order valence-electron chi connectivity index (χ1n) is 18.0. The van der Waals surface area contributed by atoms with Crippen molar-refractivity contribution >= 4 is 38.6 Å². The van der Waals surface area contributed by atoms with Gasteiger partial charge in [0.1, 0.15) is 0 Å². The third-order valence-corrected chi connectivity index (χ3v) is 10.9. The highest BCUT2D eigenvalue weighted by Gasteiger charge is 2.46. The normalized spacial score (nSPS) is 12.8. The van der Waals surface area contributed by atoms with Crippen LogP contribution in [0.4, 0.5) is 17.1 Å². The van der Waals surface area contributed by atoms with Crippen molar-refractivity contribution in [2.45, 2.75) is 5.41 Å². The fourth-order valence-corrected chi connectivity index (χ4v) is 8.58. The van der Waals surface area contributed by atoms with Gasteiger partial charge in [-0.2, -0.15) is 0 Å². The summed E-state index contributed by atoms with van der Waals surface area (Å²) >= 11 is 0. The third kappa shape index (κ3) is 4.71. The van der Waals surface area contributed by atoms with Gasteiger partial charge in [-0.15, -0.1) is 0 Å². The average Bonchev–Trinajstić information content (AvgIpc) is 3.52. The zero-order chi connectivity index (χ0) is 34.5. The van der Waals surface area contributed by atoms with Crippen LogP contribution in [0.5, 0.6) is 0 Å². The maximum absolute atomic E-state index is 2.44. The summed E-state index contributed by atoms with van der Waals surface area (Å²) in [6.07, 6.45) is 0. The molecule has 0 fully saturated rings. The Balaban J connectivity index is 1.14. The highest BCUT2D eigenvalue weighted by Crippen LogP contribution is 2.57. The fourth-order valence-electron chi connectivity index (χ4n) is 8.58. The van der Waals surface area contributed by atoms with Gasteiger partial charge in [0.2, 0.25) is 0 Å². The lowest BCUT2D eigenvalue weighted by Crippen LogP contribution is -2.28. The maximum Gasteiger partial charge on any atom is 0.0714 e. The van der Waals surface area contributed by atoms with Crippen molar-refractivity contribution in [1.29, 1.82) is 0 Å². The number of rotatable bonds is 6. The minimum atomic E-state index is -0.461. The summed E-state index contributed by atoms with van der Waals surface area (Å²) in [5.41, 5.74) is 13.0. The molecule has 0 spiro atoms. The van der Waals surface area contributed by atoms with Crippen LogP contribution < -0.4 is 4.90 Å². The molecule has 0 aromatic heterocycles. The van der Waals surface area contributed by atoms with Crippen LogP contribution in [-0.2, 0) is 5.41 Å². The molecular weight excluding hydrogens is 627 g/mol. The van der Waals surface area contributed by atoms with E-state index in [4.69, 9.17) is 0 Å². The van der Waals surface area contributed by atoms with Crippen LogP contribution in [0.15, 0.2) is 212 Å². The molecule has 0 radical (unpaired) electrons. The van der Waals surface area contributed by atoms with Gasteiger partial charge < -0.3 is 4.90 Å². The lowest BCUT2D eigenvalue weighted by molar-refractivity contribution is 0.768. The number of hydrogen-bond donors (Lipinski definition) is 0. The van der Waals surface area contributed by atoms with E-state index in [0.29, 0.717) is 0 Å².